The van der Waals surface area contributed by atoms with Crippen LogP contribution in [0.5, 0.6) is 0 Å². The Balaban J connectivity index is 1.41. The highest BCUT2D eigenvalue weighted by atomic mass is 32.1. The molecule has 1 fully saturated rings. The quantitative estimate of drug-likeness (QED) is 0.941. The number of thiazole rings is 1. The van der Waals surface area contributed by atoms with E-state index in [9.17, 15) is 0 Å². The number of hydrogen-bond acceptors (Lipinski definition) is 5. The number of anilines is 1. The third-order valence-electron chi connectivity index (χ3n) is 4.66. The Morgan fingerprint density at radius 1 is 1.14 bits per heavy atom. The summed E-state index contributed by atoms with van der Waals surface area (Å²) in [4.78, 5) is 7.21. The van der Waals surface area contributed by atoms with E-state index in [2.05, 4.69) is 22.3 Å². The van der Waals surface area contributed by atoms with Gasteiger partial charge in [-0.3, -0.25) is 4.90 Å². The summed E-state index contributed by atoms with van der Waals surface area (Å²) >= 11 is 1.79. The molecule has 1 aliphatic heterocycles. The maximum atomic E-state index is 5.38. The highest BCUT2D eigenvalue weighted by Gasteiger charge is 2.13. The van der Waals surface area contributed by atoms with Gasteiger partial charge in [-0.2, -0.15) is 0 Å². The molecule has 0 amide bonds. The molecule has 2 aromatic rings. The zero-order chi connectivity index (χ0) is 14.8. The second kappa shape index (κ2) is 6.52. The summed E-state index contributed by atoms with van der Waals surface area (Å²) in [5, 5.41) is 4.56. The lowest BCUT2D eigenvalue weighted by Crippen LogP contribution is -2.38. The van der Waals surface area contributed by atoms with E-state index in [0.717, 1.165) is 44.5 Å². The zero-order valence-electron chi connectivity index (χ0n) is 12.9. The molecule has 0 spiro atoms. The Morgan fingerprint density at radius 3 is 2.73 bits per heavy atom. The summed E-state index contributed by atoms with van der Waals surface area (Å²) in [5.41, 5.74) is 4.23. The molecule has 0 saturated carbocycles. The van der Waals surface area contributed by atoms with Gasteiger partial charge in [0.2, 0.25) is 0 Å². The van der Waals surface area contributed by atoms with Gasteiger partial charge in [-0.05, 0) is 48.9 Å². The fraction of sp³-hybridized carbons (Fsp3) is 0.588. The predicted molar refractivity (Wildman–Crippen MR) is 92.0 cm³/mol. The van der Waals surface area contributed by atoms with Gasteiger partial charge in [-0.1, -0.05) is 11.3 Å². The van der Waals surface area contributed by atoms with E-state index in [1.165, 1.54) is 41.5 Å². The Hall–Kier alpha value is -1.17. The first-order valence-corrected chi connectivity index (χ1v) is 9.16. The smallest absolute Gasteiger partial charge is 0.183 e. The summed E-state index contributed by atoms with van der Waals surface area (Å²) in [7, 11) is 0. The van der Waals surface area contributed by atoms with Crippen molar-refractivity contribution in [2.24, 2.45) is 0 Å². The van der Waals surface area contributed by atoms with Gasteiger partial charge in [0.15, 0.2) is 5.13 Å². The van der Waals surface area contributed by atoms with Crippen LogP contribution in [0, 0.1) is 0 Å². The molecular weight excluding hydrogens is 294 g/mol. The lowest BCUT2D eigenvalue weighted by molar-refractivity contribution is 0.0398. The molecule has 4 rings (SSSR count). The molecule has 2 heterocycles. The Kier molecular flexibility index (Phi) is 4.28. The van der Waals surface area contributed by atoms with Crippen molar-refractivity contribution in [3.63, 3.8) is 0 Å². The molecule has 0 unspecified atom stereocenters. The number of aryl methyl sites for hydroxylation is 2. The van der Waals surface area contributed by atoms with Gasteiger partial charge >= 0.3 is 0 Å². The van der Waals surface area contributed by atoms with Gasteiger partial charge in [0.25, 0.3) is 0 Å². The van der Waals surface area contributed by atoms with Crippen LogP contribution >= 0.6 is 11.3 Å². The fourth-order valence-corrected chi connectivity index (χ4v) is 4.31. The largest absolute Gasteiger partial charge is 0.379 e. The minimum Gasteiger partial charge on any atom is -0.379 e. The molecule has 5 heteroatoms. The first-order valence-electron chi connectivity index (χ1n) is 8.35. The molecule has 0 bridgehead atoms. The first kappa shape index (κ1) is 14.4. The van der Waals surface area contributed by atoms with Gasteiger partial charge in [0.1, 0.15) is 0 Å². The lowest BCUT2D eigenvalue weighted by Gasteiger charge is -2.26. The summed E-state index contributed by atoms with van der Waals surface area (Å²) in [6, 6.07) is 4.68. The van der Waals surface area contributed by atoms with Gasteiger partial charge in [0, 0.05) is 26.2 Å². The van der Waals surface area contributed by atoms with E-state index in [1.807, 2.05) is 0 Å². The zero-order valence-corrected chi connectivity index (χ0v) is 13.8. The SMILES string of the molecule is c1c2c(cc3sc(NCCN4CCOCC4)nc13)CCCC2. The predicted octanol–water partition coefficient (Wildman–Crippen LogP) is 2.92. The van der Waals surface area contributed by atoms with Crippen LogP contribution in [0.15, 0.2) is 12.1 Å². The summed E-state index contributed by atoms with van der Waals surface area (Å²) in [6.07, 6.45) is 5.13. The Labute approximate surface area is 135 Å². The van der Waals surface area contributed by atoms with Crippen molar-refractivity contribution in [1.82, 2.24) is 9.88 Å². The van der Waals surface area contributed by atoms with Crippen molar-refractivity contribution in [2.75, 3.05) is 44.7 Å². The number of morpholine rings is 1. The van der Waals surface area contributed by atoms with Crippen LogP contribution in [0.4, 0.5) is 5.13 Å². The van der Waals surface area contributed by atoms with Crippen LogP contribution in [0.2, 0.25) is 0 Å². The van der Waals surface area contributed by atoms with Crippen molar-refractivity contribution >= 4 is 26.7 Å². The molecule has 0 radical (unpaired) electrons. The third kappa shape index (κ3) is 3.12. The van der Waals surface area contributed by atoms with Gasteiger partial charge in [-0.15, -0.1) is 0 Å². The standard InChI is InChI=1S/C17H23N3OS/c1-2-4-14-12-16-15(11-13(14)3-1)19-17(22-16)18-5-6-20-7-9-21-10-8-20/h11-12H,1-10H2,(H,18,19). The summed E-state index contributed by atoms with van der Waals surface area (Å²) < 4.78 is 6.71. The fourth-order valence-electron chi connectivity index (χ4n) is 3.38. The molecule has 1 N–H and O–H groups in total. The molecule has 118 valence electrons. The normalized spacial score (nSPS) is 19.3. The van der Waals surface area contributed by atoms with E-state index in [1.54, 1.807) is 16.9 Å². The van der Waals surface area contributed by atoms with Crippen LogP contribution in [0.1, 0.15) is 24.0 Å². The number of benzene rings is 1. The Bertz CT molecular complexity index is 606. The molecule has 1 aliphatic carbocycles. The highest BCUT2D eigenvalue weighted by molar-refractivity contribution is 7.22. The van der Waals surface area contributed by atoms with Crippen molar-refractivity contribution in [3.05, 3.63) is 23.3 Å². The second-order valence-electron chi connectivity index (χ2n) is 6.20. The molecular formula is C17H23N3OS. The number of fused-ring (bicyclic) bond motifs is 2. The van der Waals surface area contributed by atoms with E-state index < -0.39 is 0 Å². The van der Waals surface area contributed by atoms with Gasteiger partial charge in [-0.25, -0.2) is 4.98 Å². The minimum absolute atomic E-state index is 0.868. The van der Waals surface area contributed by atoms with Crippen molar-refractivity contribution in [1.29, 1.82) is 0 Å². The number of hydrogen-bond donors (Lipinski definition) is 1. The van der Waals surface area contributed by atoms with Crippen molar-refractivity contribution in [3.8, 4) is 0 Å². The number of nitrogens with one attached hydrogen (secondary N) is 1. The number of nitrogens with zero attached hydrogens (tertiary/aromatic N) is 2. The minimum atomic E-state index is 0.868. The van der Waals surface area contributed by atoms with Gasteiger partial charge in [0.05, 0.1) is 23.4 Å². The molecule has 22 heavy (non-hydrogen) atoms. The third-order valence-corrected chi connectivity index (χ3v) is 5.64. The monoisotopic (exact) mass is 317 g/mol. The van der Waals surface area contributed by atoms with Crippen LogP contribution < -0.4 is 5.32 Å². The first-order chi connectivity index (χ1) is 10.9. The maximum absolute atomic E-state index is 5.38. The van der Waals surface area contributed by atoms with Crippen LogP contribution in [0.25, 0.3) is 10.2 Å². The molecule has 1 aromatic heterocycles. The van der Waals surface area contributed by atoms with E-state index in [4.69, 9.17) is 9.72 Å². The molecule has 1 aromatic carbocycles. The molecule has 0 atom stereocenters. The number of aromatic nitrogens is 1. The van der Waals surface area contributed by atoms with E-state index >= 15 is 0 Å². The topological polar surface area (TPSA) is 37.4 Å². The van der Waals surface area contributed by atoms with Crippen LogP contribution in [-0.2, 0) is 17.6 Å². The highest BCUT2D eigenvalue weighted by Crippen LogP contribution is 2.31. The summed E-state index contributed by atoms with van der Waals surface area (Å²) in [5.74, 6) is 0. The molecule has 2 aliphatic rings. The molecule has 4 nitrogen and oxygen atoms in total. The van der Waals surface area contributed by atoms with Gasteiger partial charge < -0.3 is 10.1 Å². The number of ether oxygens (including phenoxy) is 1. The average molecular weight is 317 g/mol. The molecule has 1 saturated heterocycles. The second-order valence-corrected chi connectivity index (χ2v) is 7.23. The summed E-state index contributed by atoms with van der Waals surface area (Å²) in [6.45, 7) is 5.86. The van der Waals surface area contributed by atoms with Crippen LogP contribution in [-0.4, -0.2) is 49.3 Å². The van der Waals surface area contributed by atoms with Crippen molar-refractivity contribution in [2.45, 2.75) is 25.7 Å². The maximum Gasteiger partial charge on any atom is 0.183 e. The number of rotatable bonds is 4. The van der Waals surface area contributed by atoms with E-state index in [0.29, 0.717) is 0 Å². The lowest BCUT2D eigenvalue weighted by atomic mass is 9.92. The van der Waals surface area contributed by atoms with Crippen molar-refractivity contribution < 1.29 is 4.74 Å². The Morgan fingerprint density at radius 2 is 1.91 bits per heavy atom. The van der Waals surface area contributed by atoms with E-state index in [-0.39, 0.29) is 0 Å². The van der Waals surface area contributed by atoms with Crippen LogP contribution in [0.3, 0.4) is 0 Å². The average Bonchev–Trinajstić information content (AvgIpc) is 2.95.